The number of ether oxygens (including phenoxy) is 1. The van der Waals surface area contributed by atoms with Crippen LogP contribution < -0.4 is 5.73 Å². The number of aliphatic hydroxyl groups is 2. The minimum absolute atomic E-state index is 0.292. The first-order chi connectivity index (χ1) is 22.7. The molecule has 0 amide bonds. The summed E-state index contributed by atoms with van der Waals surface area (Å²) in [7, 11) is 0. The van der Waals surface area contributed by atoms with Gasteiger partial charge in [0.25, 0.3) is 0 Å². The van der Waals surface area contributed by atoms with Gasteiger partial charge in [0.05, 0.1) is 12.4 Å². The molecule has 6 fully saturated rings. The lowest BCUT2D eigenvalue weighted by Gasteiger charge is -2.73. The number of aromatic nitrogens is 4. The maximum atomic E-state index is 11.1. The molecule has 1 saturated heterocycles. The quantitative estimate of drug-likeness (QED) is 0.298. The highest BCUT2D eigenvalue weighted by Gasteiger charge is 2.70. The summed E-state index contributed by atoms with van der Waals surface area (Å²) < 4.78 is 8.03. The smallest absolute Gasteiger partial charge is 0.167 e. The molecule has 2 aromatic heterocycles. The lowest BCUT2D eigenvalue weighted by molar-refractivity contribution is -0.241. The van der Waals surface area contributed by atoms with E-state index in [4.69, 9.17) is 10.5 Å². The molecule has 14 atom stereocenters. The number of imidazole rings is 1. The largest absolute Gasteiger partial charge is 0.388 e. The molecule has 0 aromatic carbocycles. The van der Waals surface area contributed by atoms with Gasteiger partial charge < -0.3 is 20.7 Å². The molecule has 1 aliphatic heterocycles. The summed E-state index contributed by atoms with van der Waals surface area (Å²) in [5.74, 6) is 4.91. The van der Waals surface area contributed by atoms with E-state index in [0.717, 1.165) is 36.5 Å². The van der Waals surface area contributed by atoms with Crippen molar-refractivity contribution in [3.63, 3.8) is 0 Å². The van der Waals surface area contributed by atoms with E-state index in [2.05, 4.69) is 63.4 Å². The summed E-state index contributed by atoms with van der Waals surface area (Å²) in [6.45, 7) is 18.6. The zero-order chi connectivity index (χ0) is 34.0. The Labute approximate surface area is 288 Å². The molecule has 5 saturated carbocycles. The number of aliphatic hydroxyl groups excluding tert-OH is 2. The molecule has 0 bridgehead atoms. The molecule has 1 unspecified atom stereocenters. The first-order valence-corrected chi connectivity index (χ1v) is 19.6. The van der Waals surface area contributed by atoms with E-state index in [1.807, 2.05) is 0 Å². The number of nitrogens with two attached hydrogens (primary N) is 1. The molecule has 5 aliphatic carbocycles. The molecule has 8 heteroatoms. The van der Waals surface area contributed by atoms with E-state index in [1.165, 1.54) is 77.0 Å². The number of anilines is 1. The van der Waals surface area contributed by atoms with Gasteiger partial charge in [-0.15, -0.1) is 0 Å². The topological polar surface area (TPSA) is 119 Å². The summed E-state index contributed by atoms with van der Waals surface area (Å²) in [4.78, 5) is 12.7. The van der Waals surface area contributed by atoms with Crippen LogP contribution >= 0.6 is 0 Å². The molecule has 0 spiro atoms. The fourth-order valence-electron chi connectivity index (χ4n) is 14.9. The normalized spacial score (nSPS) is 48.8. The van der Waals surface area contributed by atoms with Gasteiger partial charge in [0.1, 0.15) is 24.1 Å². The van der Waals surface area contributed by atoms with Crippen LogP contribution in [0, 0.1) is 62.6 Å². The molecule has 6 aliphatic rings. The Morgan fingerprint density at radius 1 is 0.833 bits per heavy atom. The van der Waals surface area contributed by atoms with E-state index in [9.17, 15) is 10.2 Å². The Morgan fingerprint density at radius 3 is 2.29 bits per heavy atom. The number of nitrogen functional groups attached to an aromatic ring is 1. The van der Waals surface area contributed by atoms with E-state index >= 15 is 0 Å². The van der Waals surface area contributed by atoms with Crippen LogP contribution in [0.15, 0.2) is 12.7 Å². The number of hydrogen-bond acceptors (Lipinski definition) is 7. The molecule has 2 aromatic rings. The summed E-state index contributed by atoms with van der Waals surface area (Å²) in [5.41, 5.74) is 9.25. The molecule has 3 heterocycles. The van der Waals surface area contributed by atoms with Gasteiger partial charge in [-0.05, 0) is 140 Å². The Hall–Kier alpha value is -1.77. The predicted molar refractivity (Wildman–Crippen MR) is 189 cm³/mol. The molecule has 266 valence electrons. The molecule has 48 heavy (non-hydrogen) atoms. The van der Waals surface area contributed by atoms with Crippen molar-refractivity contribution in [3.05, 3.63) is 12.7 Å². The van der Waals surface area contributed by atoms with Gasteiger partial charge in [-0.25, -0.2) is 15.0 Å². The molecular weight excluding hydrogens is 598 g/mol. The van der Waals surface area contributed by atoms with Crippen molar-refractivity contribution in [2.24, 2.45) is 62.6 Å². The second-order valence-electron chi connectivity index (χ2n) is 19.5. The van der Waals surface area contributed by atoms with Gasteiger partial charge in [0.15, 0.2) is 17.7 Å². The van der Waals surface area contributed by atoms with Crippen molar-refractivity contribution in [1.82, 2.24) is 19.5 Å². The Morgan fingerprint density at radius 2 is 1.54 bits per heavy atom. The summed E-state index contributed by atoms with van der Waals surface area (Å²) >= 11 is 0. The van der Waals surface area contributed by atoms with Gasteiger partial charge in [-0.3, -0.25) is 4.57 Å². The third-order valence-electron chi connectivity index (χ3n) is 17.4. The van der Waals surface area contributed by atoms with Gasteiger partial charge in [0, 0.05) is 0 Å². The van der Waals surface area contributed by atoms with E-state index in [1.54, 1.807) is 10.9 Å². The van der Waals surface area contributed by atoms with E-state index in [-0.39, 0.29) is 0 Å². The number of rotatable bonds is 5. The highest BCUT2D eigenvalue weighted by Crippen LogP contribution is 2.78. The second-order valence-corrected chi connectivity index (χ2v) is 19.5. The monoisotopic (exact) mass is 661 g/mol. The van der Waals surface area contributed by atoms with Crippen LogP contribution in [0.5, 0.6) is 0 Å². The Kier molecular flexibility index (Phi) is 7.73. The van der Waals surface area contributed by atoms with Crippen LogP contribution in [0.25, 0.3) is 11.2 Å². The summed E-state index contributed by atoms with van der Waals surface area (Å²) in [5, 5.41) is 22.1. The minimum atomic E-state index is -1.06. The van der Waals surface area contributed by atoms with Crippen molar-refractivity contribution in [2.45, 2.75) is 156 Å². The van der Waals surface area contributed by atoms with Gasteiger partial charge in [0.2, 0.25) is 0 Å². The lowest BCUT2D eigenvalue weighted by Crippen LogP contribution is -2.65. The number of hydrogen-bond donors (Lipinski definition) is 3. The van der Waals surface area contributed by atoms with Gasteiger partial charge in [-0.2, -0.15) is 0 Å². The van der Waals surface area contributed by atoms with Crippen LogP contribution in [-0.4, -0.2) is 48.0 Å². The standard InChI is InChI=1S/C40H63N5O3/c1-23(9-10-26-31(46)32(47)35(48-26)45-22-44-30-33(41)42-21-43-34(30)45)24-13-18-37(4)25(24)14-19-39(6)28(37)11-12-29-38(5)17-8-16-36(2,3)27(38)15-20-40(29,39)7/h21-29,31-32,35,46-47H,8-20H2,1-7H3,(H2,41,42,43)/t23?,24-,25+,26-,27+,28-,29-,31-,32-,35-,37+,38+,39-,40-/m1/s1. The molecule has 4 N–H and O–H groups in total. The maximum absolute atomic E-state index is 11.1. The molecule has 8 rings (SSSR count). The zero-order valence-corrected chi connectivity index (χ0v) is 30.8. The van der Waals surface area contributed by atoms with Crippen molar-refractivity contribution >= 4 is 17.0 Å². The Balaban J connectivity index is 0.958. The SMILES string of the molecule is CC(CC[C@H]1O[C@@H](n2cnc3c(N)ncnc32)[C@H](O)[C@@H]1O)[C@H]1CC[C@]2(C)[C@H]3CC[C@@H]4[C@@]5(C)CCCC(C)(C)[C@@H]5CC[C@@]4(C)[C@]3(C)CC[C@@H]12. The van der Waals surface area contributed by atoms with Crippen molar-refractivity contribution in [1.29, 1.82) is 0 Å². The predicted octanol–water partition coefficient (Wildman–Crippen LogP) is 7.94. The average Bonchev–Trinajstić information content (AvgIpc) is 3.70. The van der Waals surface area contributed by atoms with Crippen molar-refractivity contribution in [3.8, 4) is 0 Å². The molecule has 0 radical (unpaired) electrons. The maximum Gasteiger partial charge on any atom is 0.167 e. The third kappa shape index (κ3) is 4.45. The Bertz CT molecular complexity index is 1540. The van der Waals surface area contributed by atoms with Crippen LogP contribution in [0.3, 0.4) is 0 Å². The molecular formula is C40H63N5O3. The van der Waals surface area contributed by atoms with Crippen LogP contribution in [0.4, 0.5) is 5.82 Å². The highest BCUT2D eigenvalue weighted by atomic mass is 16.6. The first kappa shape index (κ1) is 33.4. The highest BCUT2D eigenvalue weighted by molar-refractivity contribution is 5.81. The van der Waals surface area contributed by atoms with Gasteiger partial charge in [-0.1, -0.05) is 54.9 Å². The third-order valence-corrected chi connectivity index (χ3v) is 17.4. The number of nitrogens with zero attached hydrogens (tertiary/aromatic N) is 4. The van der Waals surface area contributed by atoms with Gasteiger partial charge >= 0.3 is 0 Å². The lowest BCUT2D eigenvalue weighted by atomic mass is 9.32. The van der Waals surface area contributed by atoms with E-state index in [0.29, 0.717) is 55.9 Å². The van der Waals surface area contributed by atoms with E-state index < -0.39 is 24.5 Å². The van der Waals surface area contributed by atoms with Crippen molar-refractivity contribution < 1.29 is 14.9 Å². The summed E-state index contributed by atoms with van der Waals surface area (Å²) in [6.07, 6.45) is 17.0. The first-order valence-electron chi connectivity index (χ1n) is 19.6. The fraction of sp³-hybridized carbons (Fsp3) is 0.875. The molecule has 8 nitrogen and oxygen atoms in total. The number of fused-ring (bicyclic) bond motifs is 8. The fourth-order valence-corrected chi connectivity index (χ4v) is 14.9. The van der Waals surface area contributed by atoms with Crippen LogP contribution in [0.2, 0.25) is 0 Å². The second kappa shape index (κ2) is 11.1. The van der Waals surface area contributed by atoms with Crippen LogP contribution in [-0.2, 0) is 4.74 Å². The van der Waals surface area contributed by atoms with Crippen LogP contribution in [0.1, 0.15) is 138 Å². The van der Waals surface area contributed by atoms with Crippen molar-refractivity contribution in [2.75, 3.05) is 5.73 Å². The summed E-state index contributed by atoms with van der Waals surface area (Å²) in [6, 6.07) is 0. The minimum Gasteiger partial charge on any atom is -0.388 e. The zero-order valence-electron chi connectivity index (χ0n) is 30.8. The average molecular weight is 662 g/mol.